The molecule has 0 fully saturated rings. The third-order valence-electron chi connectivity index (χ3n) is 5.56. The van der Waals surface area contributed by atoms with E-state index in [-0.39, 0.29) is 12.0 Å². The molecule has 1 aliphatic rings. The van der Waals surface area contributed by atoms with Gasteiger partial charge in [0.1, 0.15) is 6.04 Å². The number of carboxylic acids is 1. The second-order valence-electron chi connectivity index (χ2n) is 7.59. The molecule has 2 N–H and O–H groups in total. The minimum atomic E-state index is -4.59. The Balaban J connectivity index is 1.68. The number of carbonyl (C=O) groups excluding carboxylic acids is 1. The number of nitrogens with one attached hydrogen (secondary N) is 1. The second-order valence-corrected chi connectivity index (χ2v) is 7.59. The second kappa shape index (κ2) is 8.03. The molecule has 0 saturated carbocycles. The molecule has 32 heavy (non-hydrogen) atoms. The first kappa shape index (κ1) is 21.4. The number of hydrogen-bond acceptors (Lipinski definition) is 3. The summed E-state index contributed by atoms with van der Waals surface area (Å²) in [5.74, 6) is -1.64. The van der Waals surface area contributed by atoms with Crippen molar-refractivity contribution in [2.75, 3.05) is 17.3 Å². The van der Waals surface area contributed by atoms with Gasteiger partial charge in [-0.05, 0) is 47.0 Å². The fourth-order valence-electron chi connectivity index (χ4n) is 3.91. The maximum absolute atomic E-state index is 13.3. The van der Waals surface area contributed by atoms with E-state index in [9.17, 15) is 27.9 Å². The molecule has 1 atom stereocenters. The molecule has 0 spiro atoms. The third-order valence-corrected chi connectivity index (χ3v) is 5.56. The first-order valence-corrected chi connectivity index (χ1v) is 9.82. The highest BCUT2D eigenvalue weighted by molar-refractivity contribution is 6.09. The van der Waals surface area contributed by atoms with Crippen molar-refractivity contribution < 1.29 is 27.9 Å². The zero-order valence-corrected chi connectivity index (χ0v) is 17.0. The summed E-state index contributed by atoms with van der Waals surface area (Å²) in [5.41, 5.74) is 1.83. The summed E-state index contributed by atoms with van der Waals surface area (Å²) in [4.78, 5) is 26.1. The number of aliphatic carboxylic acids is 1. The van der Waals surface area contributed by atoms with E-state index >= 15 is 0 Å². The quantitative estimate of drug-likeness (QED) is 0.594. The molecule has 0 aliphatic carbocycles. The average molecular weight is 440 g/mol. The van der Waals surface area contributed by atoms with Crippen molar-refractivity contribution in [3.63, 3.8) is 0 Å². The molecule has 4 rings (SSSR count). The number of fused-ring (bicyclic) bond motifs is 1. The van der Waals surface area contributed by atoms with E-state index in [2.05, 4.69) is 5.32 Å². The largest absolute Gasteiger partial charge is 0.480 e. The van der Waals surface area contributed by atoms with Crippen LogP contribution >= 0.6 is 0 Å². The van der Waals surface area contributed by atoms with Gasteiger partial charge < -0.3 is 15.3 Å². The highest BCUT2D eigenvalue weighted by Crippen LogP contribution is 2.35. The van der Waals surface area contributed by atoms with E-state index in [1.54, 1.807) is 60.5 Å². The van der Waals surface area contributed by atoms with Crippen molar-refractivity contribution in [2.24, 2.45) is 0 Å². The number of amides is 1. The molecule has 1 unspecified atom stereocenters. The van der Waals surface area contributed by atoms with Gasteiger partial charge in [0.25, 0.3) is 5.91 Å². The Morgan fingerprint density at radius 3 is 2.41 bits per heavy atom. The molecule has 5 nitrogen and oxygen atoms in total. The summed E-state index contributed by atoms with van der Waals surface area (Å²) in [6, 6.07) is 16.0. The number of anilines is 2. The number of alkyl halides is 3. The molecular formula is C24H19F3N2O3. The van der Waals surface area contributed by atoms with Gasteiger partial charge >= 0.3 is 12.1 Å². The Labute approximate surface area is 182 Å². The summed E-state index contributed by atoms with van der Waals surface area (Å²) in [6.07, 6.45) is -4.32. The van der Waals surface area contributed by atoms with Gasteiger partial charge in [0.05, 0.1) is 5.56 Å². The smallest absolute Gasteiger partial charge is 0.416 e. The number of benzene rings is 3. The SMILES string of the molecule is CN1c2ccc(NC(=O)c3cc(C(F)(F)F)ccc3-c3ccccc3)cc2CC1C(=O)O. The topological polar surface area (TPSA) is 69.6 Å². The minimum absolute atomic E-state index is 0.105. The van der Waals surface area contributed by atoms with Crippen LogP contribution in [0.25, 0.3) is 11.1 Å². The summed E-state index contributed by atoms with van der Waals surface area (Å²) in [5, 5.41) is 12.0. The highest BCUT2D eigenvalue weighted by atomic mass is 19.4. The standard InChI is InChI=1S/C24H19F3N2O3/c1-29-20-10-8-17(11-15(20)12-21(29)23(31)32)28-22(30)19-13-16(24(25,26)27)7-9-18(19)14-5-3-2-4-6-14/h2-11,13,21H,12H2,1H3,(H,28,30)(H,31,32). The van der Waals surface area contributed by atoms with E-state index < -0.39 is 29.7 Å². The molecule has 8 heteroatoms. The number of halogens is 3. The number of nitrogens with zero attached hydrogens (tertiary/aromatic N) is 1. The Bertz CT molecular complexity index is 1190. The molecule has 164 valence electrons. The fourth-order valence-corrected chi connectivity index (χ4v) is 3.91. The molecule has 3 aromatic rings. The zero-order valence-electron chi connectivity index (χ0n) is 17.0. The van der Waals surface area contributed by atoms with Gasteiger partial charge in [-0.1, -0.05) is 36.4 Å². The molecule has 0 aromatic heterocycles. The van der Waals surface area contributed by atoms with Gasteiger partial charge in [-0.25, -0.2) is 4.79 Å². The molecular weight excluding hydrogens is 421 g/mol. The van der Waals surface area contributed by atoms with Gasteiger partial charge in [-0.2, -0.15) is 13.2 Å². The van der Waals surface area contributed by atoms with Crippen molar-refractivity contribution in [1.82, 2.24) is 0 Å². The fraction of sp³-hybridized carbons (Fsp3) is 0.167. The van der Waals surface area contributed by atoms with Crippen LogP contribution in [0.3, 0.4) is 0 Å². The van der Waals surface area contributed by atoms with Crippen LogP contribution in [0.4, 0.5) is 24.5 Å². The predicted octanol–water partition coefficient (Wildman–Crippen LogP) is 5.07. The van der Waals surface area contributed by atoms with Crippen LogP contribution in [-0.2, 0) is 17.4 Å². The Kier molecular flexibility index (Phi) is 5.38. The van der Waals surface area contributed by atoms with E-state index in [1.807, 2.05) is 0 Å². The van der Waals surface area contributed by atoms with E-state index in [0.29, 0.717) is 16.8 Å². The Morgan fingerprint density at radius 1 is 1.03 bits per heavy atom. The van der Waals surface area contributed by atoms with Crippen LogP contribution in [0.2, 0.25) is 0 Å². The molecule has 0 radical (unpaired) electrons. The van der Waals surface area contributed by atoms with Crippen molar-refractivity contribution in [2.45, 2.75) is 18.6 Å². The van der Waals surface area contributed by atoms with Gasteiger partial charge in [-0.3, -0.25) is 4.79 Å². The zero-order chi connectivity index (χ0) is 23.0. The summed E-state index contributed by atoms with van der Waals surface area (Å²) in [7, 11) is 1.68. The minimum Gasteiger partial charge on any atom is -0.480 e. The van der Waals surface area contributed by atoms with E-state index in [4.69, 9.17) is 0 Å². The Hall–Kier alpha value is -3.81. The van der Waals surface area contributed by atoms with Crippen LogP contribution < -0.4 is 10.2 Å². The highest BCUT2D eigenvalue weighted by Gasteiger charge is 2.33. The lowest BCUT2D eigenvalue weighted by molar-refractivity contribution is -0.138. The van der Waals surface area contributed by atoms with Crippen molar-refractivity contribution >= 4 is 23.3 Å². The van der Waals surface area contributed by atoms with Crippen LogP contribution in [0.15, 0.2) is 66.7 Å². The number of carbonyl (C=O) groups is 2. The van der Waals surface area contributed by atoms with Crippen LogP contribution in [0.1, 0.15) is 21.5 Å². The lowest BCUT2D eigenvalue weighted by Gasteiger charge is -2.18. The normalized spacial score (nSPS) is 15.4. The predicted molar refractivity (Wildman–Crippen MR) is 115 cm³/mol. The van der Waals surface area contributed by atoms with Crippen LogP contribution in [0.5, 0.6) is 0 Å². The lowest BCUT2D eigenvalue weighted by atomic mass is 9.96. The first-order chi connectivity index (χ1) is 15.1. The number of likely N-dealkylation sites (N-methyl/N-ethyl adjacent to an activating group) is 1. The molecule has 1 aliphatic heterocycles. The van der Waals surface area contributed by atoms with Crippen molar-refractivity contribution in [3.05, 3.63) is 83.4 Å². The van der Waals surface area contributed by atoms with E-state index in [1.165, 1.54) is 6.07 Å². The average Bonchev–Trinajstić information content (AvgIpc) is 3.09. The Morgan fingerprint density at radius 2 is 1.75 bits per heavy atom. The number of rotatable bonds is 4. The number of carboxylic acid groups (broad SMARTS) is 1. The summed E-state index contributed by atoms with van der Waals surface area (Å²) < 4.78 is 39.9. The van der Waals surface area contributed by atoms with Gasteiger partial charge in [0, 0.05) is 30.4 Å². The summed E-state index contributed by atoms with van der Waals surface area (Å²) >= 11 is 0. The monoisotopic (exact) mass is 440 g/mol. The van der Waals surface area contributed by atoms with Gasteiger partial charge in [0.2, 0.25) is 0 Å². The molecule has 0 saturated heterocycles. The van der Waals surface area contributed by atoms with Gasteiger partial charge in [0.15, 0.2) is 0 Å². The van der Waals surface area contributed by atoms with Crippen LogP contribution in [0, 0.1) is 0 Å². The van der Waals surface area contributed by atoms with Gasteiger partial charge in [-0.15, -0.1) is 0 Å². The maximum atomic E-state index is 13.3. The molecule has 3 aromatic carbocycles. The van der Waals surface area contributed by atoms with Crippen molar-refractivity contribution in [1.29, 1.82) is 0 Å². The third kappa shape index (κ3) is 4.03. The van der Waals surface area contributed by atoms with Crippen molar-refractivity contribution in [3.8, 4) is 11.1 Å². The number of hydrogen-bond donors (Lipinski definition) is 2. The maximum Gasteiger partial charge on any atom is 0.416 e. The first-order valence-electron chi connectivity index (χ1n) is 9.82. The molecule has 1 heterocycles. The van der Waals surface area contributed by atoms with Crippen LogP contribution in [-0.4, -0.2) is 30.1 Å². The molecule has 0 bridgehead atoms. The molecule has 1 amide bonds. The van der Waals surface area contributed by atoms with E-state index in [0.717, 1.165) is 23.4 Å². The summed E-state index contributed by atoms with van der Waals surface area (Å²) in [6.45, 7) is 0. The lowest BCUT2D eigenvalue weighted by Crippen LogP contribution is -2.35.